The van der Waals surface area contributed by atoms with Crippen LogP contribution in [-0.4, -0.2) is 11.4 Å². The van der Waals surface area contributed by atoms with Crippen LogP contribution in [0.25, 0.3) is 0 Å². The molecule has 0 saturated carbocycles. The molecule has 1 rings (SSSR count). The number of benzene rings is 1. The van der Waals surface area contributed by atoms with Crippen LogP contribution in [0.1, 0.15) is 50.8 Å². The van der Waals surface area contributed by atoms with Crippen LogP contribution < -0.4 is 11.1 Å². The molecule has 1 aromatic rings. The minimum absolute atomic E-state index is 0.292. The van der Waals surface area contributed by atoms with Crippen LogP contribution in [0, 0.1) is 0 Å². The number of carbonyl (C=O) groups is 1. The number of carbonyl (C=O) groups excluding carboxylic acids is 1. The summed E-state index contributed by atoms with van der Waals surface area (Å²) in [4.78, 5) is 12.1. The van der Waals surface area contributed by atoms with E-state index in [1.165, 1.54) is 12.1 Å². The first-order chi connectivity index (χ1) is 9.64. The molecule has 3 N–H and O–H groups in total. The van der Waals surface area contributed by atoms with E-state index >= 15 is 0 Å². The molecule has 0 aromatic heterocycles. The van der Waals surface area contributed by atoms with Crippen molar-refractivity contribution in [3.05, 3.63) is 35.4 Å². The Labute approximate surface area is 122 Å². The quantitative estimate of drug-likeness (QED) is 0.876. The first kappa shape index (κ1) is 17.5. The maximum absolute atomic E-state index is 12.5. The molecule has 1 amide bonds. The zero-order valence-electron chi connectivity index (χ0n) is 12.4. The number of amides is 1. The highest BCUT2D eigenvalue weighted by Gasteiger charge is 2.32. The molecular formula is C15H21F3N2O. The van der Waals surface area contributed by atoms with Crippen LogP contribution in [0.4, 0.5) is 13.2 Å². The van der Waals surface area contributed by atoms with E-state index in [4.69, 9.17) is 5.73 Å². The molecule has 0 fully saturated rings. The fraction of sp³-hybridized carbons (Fsp3) is 0.533. The van der Waals surface area contributed by atoms with E-state index in [1.807, 2.05) is 13.8 Å². The largest absolute Gasteiger partial charge is 0.416 e. The summed E-state index contributed by atoms with van der Waals surface area (Å²) in [5.41, 5.74) is 4.94. The van der Waals surface area contributed by atoms with Gasteiger partial charge in [-0.1, -0.05) is 26.0 Å². The van der Waals surface area contributed by atoms with Crippen molar-refractivity contribution in [3.8, 4) is 0 Å². The number of alkyl halides is 3. The number of nitrogens with two attached hydrogens (primary N) is 1. The lowest BCUT2D eigenvalue weighted by Crippen LogP contribution is -2.53. The van der Waals surface area contributed by atoms with Crippen LogP contribution in [0.5, 0.6) is 0 Å². The summed E-state index contributed by atoms with van der Waals surface area (Å²) in [6.45, 7) is 5.37. The summed E-state index contributed by atoms with van der Waals surface area (Å²) in [6, 6.07) is 4.34. The molecule has 1 unspecified atom stereocenters. The molecule has 0 aliphatic heterocycles. The number of rotatable bonds is 5. The van der Waals surface area contributed by atoms with Crippen molar-refractivity contribution >= 4 is 5.91 Å². The Morgan fingerprint density at radius 3 is 2.05 bits per heavy atom. The van der Waals surface area contributed by atoms with E-state index in [0.29, 0.717) is 18.4 Å². The van der Waals surface area contributed by atoms with Gasteiger partial charge in [0.25, 0.3) is 0 Å². The number of hydrogen-bond donors (Lipinski definition) is 2. The van der Waals surface area contributed by atoms with Crippen molar-refractivity contribution in [2.24, 2.45) is 5.73 Å². The van der Waals surface area contributed by atoms with Gasteiger partial charge in [-0.25, -0.2) is 0 Å². The highest BCUT2D eigenvalue weighted by Crippen LogP contribution is 2.30. The molecule has 0 radical (unpaired) electrons. The van der Waals surface area contributed by atoms with Crippen molar-refractivity contribution in [1.82, 2.24) is 5.32 Å². The van der Waals surface area contributed by atoms with Gasteiger partial charge in [-0.05, 0) is 37.5 Å². The van der Waals surface area contributed by atoms with Gasteiger partial charge in [0.1, 0.15) is 0 Å². The van der Waals surface area contributed by atoms with Gasteiger partial charge in [0.2, 0.25) is 5.91 Å². The minimum Gasteiger partial charge on any atom is -0.348 e. The molecule has 1 aromatic carbocycles. The Bertz CT molecular complexity index is 479. The second kappa shape index (κ2) is 6.47. The summed E-state index contributed by atoms with van der Waals surface area (Å²) in [7, 11) is 0. The van der Waals surface area contributed by atoms with Crippen LogP contribution >= 0.6 is 0 Å². The fourth-order valence-electron chi connectivity index (χ4n) is 1.96. The van der Waals surface area contributed by atoms with Crippen LogP contribution in [0.3, 0.4) is 0 Å². The molecule has 0 spiro atoms. The van der Waals surface area contributed by atoms with Crippen molar-refractivity contribution in [2.75, 3.05) is 0 Å². The minimum atomic E-state index is -4.36. The molecule has 118 valence electrons. The summed E-state index contributed by atoms with van der Waals surface area (Å²) >= 11 is 0. The number of nitrogens with one attached hydrogen (secondary N) is 1. The molecule has 0 heterocycles. The van der Waals surface area contributed by atoms with Gasteiger partial charge in [0, 0.05) is 0 Å². The Balaban J connectivity index is 2.81. The Hall–Kier alpha value is -1.56. The topological polar surface area (TPSA) is 55.1 Å². The SMILES string of the molecule is CCC(N)(CC)C(=O)NC(C)c1ccc(C(F)(F)F)cc1. The zero-order chi connectivity index (χ0) is 16.3. The molecule has 21 heavy (non-hydrogen) atoms. The van der Waals surface area contributed by atoms with Crippen LogP contribution in [-0.2, 0) is 11.0 Å². The molecule has 6 heteroatoms. The monoisotopic (exact) mass is 302 g/mol. The average molecular weight is 302 g/mol. The lowest BCUT2D eigenvalue weighted by Gasteiger charge is -2.27. The average Bonchev–Trinajstić information content (AvgIpc) is 2.45. The summed E-state index contributed by atoms with van der Waals surface area (Å²) < 4.78 is 37.5. The number of halogens is 3. The zero-order valence-corrected chi connectivity index (χ0v) is 12.4. The van der Waals surface area contributed by atoms with Crippen molar-refractivity contribution < 1.29 is 18.0 Å². The Morgan fingerprint density at radius 2 is 1.67 bits per heavy atom. The van der Waals surface area contributed by atoms with E-state index < -0.39 is 23.3 Å². The highest BCUT2D eigenvalue weighted by molar-refractivity contribution is 5.86. The van der Waals surface area contributed by atoms with Gasteiger partial charge in [-0.3, -0.25) is 4.79 Å². The summed E-state index contributed by atoms with van der Waals surface area (Å²) in [6.07, 6.45) is -3.37. The van der Waals surface area contributed by atoms with E-state index in [-0.39, 0.29) is 5.91 Å². The van der Waals surface area contributed by atoms with Crippen molar-refractivity contribution in [1.29, 1.82) is 0 Å². The Kier molecular flexibility index (Phi) is 5.39. The van der Waals surface area contributed by atoms with E-state index in [9.17, 15) is 18.0 Å². The molecule has 3 nitrogen and oxygen atoms in total. The lowest BCUT2D eigenvalue weighted by atomic mass is 9.92. The lowest BCUT2D eigenvalue weighted by molar-refractivity contribution is -0.137. The van der Waals surface area contributed by atoms with Gasteiger partial charge in [0.05, 0.1) is 17.1 Å². The second-order valence-corrected chi connectivity index (χ2v) is 5.18. The first-order valence-corrected chi connectivity index (χ1v) is 6.91. The van der Waals surface area contributed by atoms with Gasteiger partial charge in [0.15, 0.2) is 0 Å². The highest BCUT2D eigenvalue weighted by atomic mass is 19.4. The molecule has 0 bridgehead atoms. The fourth-order valence-corrected chi connectivity index (χ4v) is 1.96. The molecular weight excluding hydrogens is 281 g/mol. The predicted molar refractivity (Wildman–Crippen MR) is 75.5 cm³/mol. The van der Waals surface area contributed by atoms with Crippen LogP contribution in [0.15, 0.2) is 24.3 Å². The first-order valence-electron chi connectivity index (χ1n) is 6.91. The van der Waals surface area contributed by atoms with Crippen molar-refractivity contribution in [3.63, 3.8) is 0 Å². The van der Waals surface area contributed by atoms with E-state index in [2.05, 4.69) is 5.32 Å². The maximum atomic E-state index is 12.5. The third kappa shape index (κ3) is 4.20. The standard InChI is InChI=1S/C15H21F3N2O/c1-4-14(19,5-2)13(21)20-10(3)11-6-8-12(9-7-11)15(16,17)18/h6-10H,4-5,19H2,1-3H3,(H,20,21). The van der Waals surface area contributed by atoms with E-state index in [1.54, 1.807) is 6.92 Å². The molecule has 0 aliphatic rings. The number of hydrogen-bond acceptors (Lipinski definition) is 2. The summed E-state index contributed by atoms with van der Waals surface area (Å²) in [5, 5.41) is 2.75. The Morgan fingerprint density at radius 1 is 1.19 bits per heavy atom. The van der Waals surface area contributed by atoms with Crippen molar-refractivity contribution in [2.45, 2.75) is 51.4 Å². The van der Waals surface area contributed by atoms with Gasteiger partial charge < -0.3 is 11.1 Å². The maximum Gasteiger partial charge on any atom is 0.416 e. The third-order valence-electron chi connectivity index (χ3n) is 3.80. The van der Waals surface area contributed by atoms with Crippen LogP contribution in [0.2, 0.25) is 0 Å². The molecule has 0 aliphatic carbocycles. The summed E-state index contributed by atoms with van der Waals surface area (Å²) in [5.74, 6) is -0.292. The smallest absolute Gasteiger partial charge is 0.348 e. The molecule has 0 saturated heterocycles. The van der Waals surface area contributed by atoms with Gasteiger partial charge >= 0.3 is 6.18 Å². The third-order valence-corrected chi connectivity index (χ3v) is 3.80. The van der Waals surface area contributed by atoms with Gasteiger partial charge in [-0.2, -0.15) is 13.2 Å². The second-order valence-electron chi connectivity index (χ2n) is 5.18. The predicted octanol–water partition coefficient (Wildman–Crippen LogP) is 3.40. The van der Waals surface area contributed by atoms with E-state index in [0.717, 1.165) is 12.1 Å². The molecule has 1 atom stereocenters. The van der Waals surface area contributed by atoms with Gasteiger partial charge in [-0.15, -0.1) is 0 Å². The normalized spacial score (nSPS) is 13.9.